The molecule has 2 atom stereocenters. The molecule has 0 saturated carbocycles. The van der Waals surface area contributed by atoms with Crippen LogP contribution in [0.1, 0.15) is 22.3 Å². The zero-order valence-electron chi connectivity index (χ0n) is 14.2. The summed E-state index contributed by atoms with van der Waals surface area (Å²) in [5.41, 5.74) is 1.11. The molecule has 0 radical (unpaired) electrons. The number of hydrogen-bond acceptors (Lipinski definition) is 5. The molecule has 0 aliphatic rings. The fraction of sp³-hybridized carbons (Fsp3) is 0.316. The highest BCUT2D eigenvalue weighted by molar-refractivity contribution is 7.09. The average Bonchev–Trinajstić information content (AvgIpc) is 3.28. The van der Waals surface area contributed by atoms with Crippen molar-refractivity contribution < 1.29 is 9.84 Å². The Labute approximate surface area is 151 Å². The zero-order chi connectivity index (χ0) is 17.5. The second-order valence-electron chi connectivity index (χ2n) is 5.90. The molecule has 0 spiro atoms. The Bertz CT molecular complexity index is 743. The zero-order valence-corrected chi connectivity index (χ0v) is 15.0. The van der Waals surface area contributed by atoms with Crippen LogP contribution in [-0.4, -0.2) is 33.9 Å². The van der Waals surface area contributed by atoms with Crippen molar-refractivity contribution in [2.75, 3.05) is 13.2 Å². The third-order valence-corrected chi connectivity index (χ3v) is 4.79. The number of benzene rings is 1. The SMILES string of the molecule is Cn1ccnc1[C@@H](NC[C@H](O)COCc1cccs1)c1ccccc1. The van der Waals surface area contributed by atoms with Gasteiger partial charge < -0.3 is 19.7 Å². The van der Waals surface area contributed by atoms with E-state index >= 15 is 0 Å². The van der Waals surface area contributed by atoms with Crippen LogP contribution in [0.3, 0.4) is 0 Å². The van der Waals surface area contributed by atoms with Crippen LogP contribution >= 0.6 is 11.3 Å². The van der Waals surface area contributed by atoms with Gasteiger partial charge in [0.15, 0.2) is 0 Å². The minimum Gasteiger partial charge on any atom is -0.389 e. The first-order valence-electron chi connectivity index (χ1n) is 8.28. The monoisotopic (exact) mass is 357 g/mol. The minimum absolute atomic E-state index is 0.0758. The summed E-state index contributed by atoms with van der Waals surface area (Å²) in [4.78, 5) is 5.62. The lowest BCUT2D eigenvalue weighted by Gasteiger charge is -2.21. The van der Waals surface area contributed by atoms with Crippen molar-refractivity contribution in [3.63, 3.8) is 0 Å². The van der Waals surface area contributed by atoms with Gasteiger partial charge >= 0.3 is 0 Å². The Morgan fingerprint density at radius 3 is 2.76 bits per heavy atom. The van der Waals surface area contributed by atoms with Crippen LogP contribution in [0, 0.1) is 0 Å². The summed E-state index contributed by atoms with van der Waals surface area (Å²) in [7, 11) is 1.97. The molecule has 0 amide bonds. The first-order chi connectivity index (χ1) is 12.2. The van der Waals surface area contributed by atoms with Crippen LogP contribution in [0.5, 0.6) is 0 Å². The number of nitrogens with zero attached hydrogens (tertiary/aromatic N) is 2. The van der Waals surface area contributed by atoms with Gasteiger partial charge in [-0.05, 0) is 17.0 Å². The Morgan fingerprint density at radius 1 is 1.24 bits per heavy atom. The number of aliphatic hydroxyl groups is 1. The van der Waals surface area contributed by atoms with Gasteiger partial charge in [0.05, 0.1) is 25.4 Å². The highest BCUT2D eigenvalue weighted by Crippen LogP contribution is 2.20. The fourth-order valence-electron chi connectivity index (χ4n) is 2.66. The molecule has 3 rings (SSSR count). The summed E-state index contributed by atoms with van der Waals surface area (Å²) < 4.78 is 7.58. The van der Waals surface area contributed by atoms with E-state index in [0.717, 1.165) is 16.3 Å². The maximum absolute atomic E-state index is 10.2. The molecule has 1 aromatic carbocycles. The van der Waals surface area contributed by atoms with Crippen LogP contribution in [0.25, 0.3) is 0 Å². The molecule has 0 bridgehead atoms. The molecule has 5 nitrogen and oxygen atoms in total. The minimum atomic E-state index is -0.577. The van der Waals surface area contributed by atoms with Crippen molar-refractivity contribution >= 4 is 11.3 Å². The number of nitrogens with one attached hydrogen (secondary N) is 1. The molecule has 132 valence electrons. The molecule has 6 heteroatoms. The molecular formula is C19H23N3O2S. The van der Waals surface area contributed by atoms with Gasteiger partial charge in [-0.15, -0.1) is 11.3 Å². The van der Waals surface area contributed by atoms with Crippen molar-refractivity contribution in [3.05, 3.63) is 76.5 Å². The molecule has 2 N–H and O–H groups in total. The molecule has 0 aliphatic heterocycles. The van der Waals surface area contributed by atoms with E-state index in [4.69, 9.17) is 4.74 Å². The van der Waals surface area contributed by atoms with Crippen molar-refractivity contribution in [2.24, 2.45) is 7.05 Å². The molecule has 0 unspecified atom stereocenters. The summed E-state index contributed by atoms with van der Waals surface area (Å²) in [6.45, 7) is 1.26. The lowest BCUT2D eigenvalue weighted by Crippen LogP contribution is -2.34. The average molecular weight is 357 g/mol. The third kappa shape index (κ3) is 4.99. The van der Waals surface area contributed by atoms with Gasteiger partial charge in [0.25, 0.3) is 0 Å². The van der Waals surface area contributed by atoms with Gasteiger partial charge in [0, 0.05) is 30.9 Å². The number of rotatable bonds is 9. The quantitative estimate of drug-likeness (QED) is 0.618. The van der Waals surface area contributed by atoms with Crippen LogP contribution < -0.4 is 5.32 Å². The molecule has 25 heavy (non-hydrogen) atoms. The molecule has 0 aliphatic carbocycles. The van der Waals surface area contributed by atoms with E-state index in [0.29, 0.717) is 19.8 Å². The van der Waals surface area contributed by atoms with Crippen LogP contribution in [0.2, 0.25) is 0 Å². The van der Waals surface area contributed by atoms with Gasteiger partial charge in [-0.1, -0.05) is 36.4 Å². The second kappa shape index (κ2) is 8.92. The lowest BCUT2D eigenvalue weighted by atomic mass is 10.1. The number of aromatic nitrogens is 2. The van der Waals surface area contributed by atoms with Crippen LogP contribution in [0.15, 0.2) is 60.2 Å². The van der Waals surface area contributed by atoms with E-state index in [2.05, 4.69) is 22.4 Å². The first kappa shape index (κ1) is 17.8. The predicted molar refractivity (Wildman–Crippen MR) is 99.5 cm³/mol. The number of aryl methyl sites for hydroxylation is 1. The van der Waals surface area contributed by atoms with Gasteiger partial charge in [0.2, 0.25) is 0 Å². The van der Waals surface area contributed by atoms with Gasteiger partial charge in [0.1, 0.15) is 5.82 Å². The summed E-state index contributed by atoms with van der Waals surface area (Å²) in [5, 5.41) is 15.7. The topological polar surface area (TPSA) is 59.3 Å². The number of aliphatic hydroxyl groups excluding tert-OH is 1. The van der Waals surface area contributed by atoms with E-state index < -0.39 is 6.10 Å². The van der Waals surface area contributed by atoms with E-state index in [1.54, 1.807) is 17.5 Å². The third-order valence-electron chi connectivity index (χ3n) is 3.94. The van der Waals surface area contributed by atoms with E-state index in [-0.39, 0.29) is 6.04 Å². The Kier molecular flexibility index (Phi) is 6.36. The van der Waals surface area contributed by atoms with Crippen molar-refractivity contribution in [1.29, 1.82) is 0 Å². The number of hydrogen-bond donors (Lipinski definition) is 2. The predicted octanol–water partition coefficient (Wildman–Crippen LogP) is 2.74. The Hall–Kier alpha value is -1.99. The first-order valence-corrected chi connectivity index (χ1v) is 9.15. The van der Waals surface area contributed by atoms with E-state index in [9.17, 15) is 5.11 Å². The van der Waals surface area contributed by atoms with Crippen LogP contribution in [-0.2, 0) is 18.4 Å². The normalized spacial score (nSPS) is 13.7. The lowest BCUT2D eigenvalue weighted by molar-refractivity contribution is 0.0289. The summed E-state index contributed by atoms with van der Waals surface area (Å²) in [5.74, 6) is 0.915. The summed E-state index contributed by atoms with van der Waals surface area (Å²) >= 11 is 1.66. The van der Waals surface area contributed by atoms with E-state index in [1.165, 1.54) is 0 Å². The molecular weight excluding hydrogens is 334 g/mol. The highest BCUT2D eigenvalue weighted by atomic mass is 32.1. The number of imidazole rings is 1. The van der Waals surface area contributed by atoms with Gasteiger partial charge in [-0.25, -0.2) is 4.98 Å². The number of ether oxygens (including phenoxy) is 1. The van der Waals surface area contributed by atoms with E-state index in [1.807, 2.05) is 53.5 Å². The van der Waals surface area contributed by atoms with Crippen molar-refractivity contribution in [2.45, 2.75) is 18.8 Å². The van der Waals surface area contributed by atoms with Gasteiger partial charge in [-0.3, -0.25) is 0 Å². The second-order valence-corrected chi connectivity index (χ2v) is 6.93. The maximum Gasteiger partial charge on any atom is 0.130 e. The Morgan fingerprint density at radius 2 is 2.08 bits per heavy atom. The summed E-state index contributed by atoms with van der Waals surface area (Å²) in [6, 6.07) is 14.1. The highest BCUT2D eigenvalue weighted by Gasteiger charge is 2.19. The molecule has 3 aromatic rings. The molecule has 2 heterocycles. The molecule has 0 saturated heterocycles. The smallest absolute Gasteiger partial charge is 0.130 e. The fourth-order valence-corrected chi connectivity index (χ4v) is 3.30. The van der Waals surface area contributed by atoms with Crippen molar-refractivity contribution in [3.8, 4) is 0 Å². The summed E-state index contributed by atoms with van der Waals surface area (Å²) in [6.07, 6.45) is 3.13. The number of thiophene rings is 1. The van der Waals surface area contributed by atoms with Crippen LogP contribution in [0.4, 0.5) is 0 Å². The molecule has 0 fully saturated rings. The standard InChI is InChI=1S/C19H23N3O2S/c1-22-10-9-20-19(22)18(15-6-3-2-4-7-15)21-12-16(23)13-24-14-17-8-5-11-25-17/h2-11,16,18,21,23H,12-14H2,1H3/t16-,18-/m0/s1. The molecule has 2 aromatic heterocycles. The largest absolute Gasteiger partial charge is 0.389 e. The van der Waals surface area contributed by atoms with Gasteiger partial charge in [-0.2, -0.15) is 0 Å². The Balaban J connectivity index is 1.56. The maximum atomic E-state index is 10.2. The van der Waals surface area contributed by atoms with Crippen molar-refractivity contribution in [1.82, 2.24) is 14.9 Å².